The number of anilines is 1. The fraction of sp³-hybridized carbons (Fsp3) is 0.348. The van der Waals surface area contributed by atoms with Crippen molar-refractivity contribution in [2.24, 2.45) is 5.92 Å². The Kier molecular flexibility index (Phi) is 6.32. The smallest absolute Gasteiger partial charge is 0.311 e. The summed E-state index contributed by atoms with van der Waals surface area (Å²) in [6.45, 7) is 6.12. The molecule has 0 spiro atoms. The van der Waals surface area contributed by atoms with E-state index in [2.05, 4.69) is 0 Å². The van der Waals surface area contributed by atoms with Crippen LogP contribution in [-0.2, 0) is 14.3 Å². The number of hydrogen-bond donors (Lipinski definition) is 0. The van der Waals surface area contributed by atoms with Crippen LogP contribution in [0.1, 0.15) is 34.8 Å². The molecule has 0 radical (unpaired) electrons. The molecule has 6 heteroatoms. The number of para-hydroxylation sites is 2. The van der Waals surface area contributed by atoms with Gasteiger partial charge in [0.2, 0.25) is 5.91 Å². The molecular formula is C23H25NO5. The van der Waals surface area contributed by atoms with E-state index >= 15 is 0 Å². The quantitative estimate of drug-likeness (QED) is 0.530. The van der Waals surface area contributed by atoms with E-state index in [4.69, 9.17) is 9.47 Å². The van der Waals surface area contributed by atoms with Gasteiger partial charge in [0.05, 0.1) is 18.2 Å². The second-order valence-electron chi connectivity index (χ2n) is 7.14. The maximum Gasteiger partial charge on any atom is 0.311 e. The number of nitrogens with zero attached hydrogens (tertiary/aromatic N) is 1. The van der Waals surface area contributed by atoms with Crippen molar-refractivity contribution in [3.63, 3.8) is 0 Å². The zero-order valence-corrected chi connectivity index (χ0v) is 16.9. The Labute approximate surface area is 170 Å². The van der Waals surface area contributed by atoms with E-state index in [1.165, 1.54) is 0 Å². The number of benzene rings is 2. The lowest BCUT2D eigenvalue weighted by molar-refractivity contribution is -0.147. The van der Waals surface area contributed by atoms with Gasteiger partial charge >= 0.3 is 5.97 Å². The number of aryl methyl sites for hydroxylation is 2. The van der Waals surface area contributed by atoms with Crippen molar-refractivity contribution in [2.45, 2.75) is 27.2 Å². The Morgan fingerprint density at radius 1 is 1.10 bits per heavy atom. The minimum Gasteiger partial charge on any atom is -0.492 e. The molecule has 1 aliphatic rings. The first-order valence-electron chi connectivity index (χ1n) is 9.70. The molecule has 0 saturated carbocycles. The van der Waals surface area contributed by atoms with Gasteiger partial charge in [-0.3, -0.25) is 14.4 Å². The summed E-state index contributed by atoms with van der Waals surface area (Å²) in [6, 6.07) is 12.6. The zero-order chi connectivity index (χ0) is 21.0. The molecular weight excluding hydrogens is 370 g/mol. The van der Waals surface area contributed by atoms with Crippen molar-refractivity contribution >= 4 is 23.3 Å². The van der Waals surface area contributed by atoms with Crippen LogP contribution in [0.3, 0.4) is 0 Å². The van der Waals surface area contributed by atoms with Crippen molar-refractivity contribution in [1.82, 2.24) is 0 Å². The molecule has 1 saturated heterocycles. The van der Waals surface area contributed by atoms with Crippen molar-refractivity contribution in [3.05, 3.63) is 59.2 Å². The standard InChI is InChI=1S/C23H25NO5/c1-4-28-21-8-6-5-7-19(21)24-13-18(12-22(24)26)23(27)29-14-20(25)17-10-9-15(2)16(3)11-17/h5-11,18H,4,12-14H2,1-3H3/t18-/m1/s1. The Morgan fingerprint density at radius 3 is 2.59 bits per heavy atom. The predicted molar refractivity (Wildman–Crippen MR) is 109 cm³/mol. The average Bonchev–Trinajstić information content (AvgIpc) is 3.10. The van der Waals surface area contributed by atoms with E-state index in [9.17, 15) is 14.4 Å². The van der Waals surface area contributed by atoms with Crippen LogP contribution in [0.15, 0.2) is 42.5 Å². The van der Waals surface area contributed by atoms with Crippen molar-refractivity contribution in [3.8, 4) is 5.75 Å². The number of hydrogen-bond acceptors (Lipinski definition) is 5. The number of carbonyl (C=O) groups is 3. The molecule has 1 heterocycles. The third kappa shape index (κ3) is 4.65. The van der Waals surface area contributed by atoms with Gasteiger partial charge in [-0.25, -0.2) is 0 Å². The minimum atomic E-state index is -0.607. The van der Waals surface area contributed by atoms with Gasteiger partial charge in [0.1, 0.15) is 5.75 Å². The monoisotopic (exact) mass is 395 g/mol. The molecule has 0 aliphatic carbocycles. The molecule has 1 aliphatic heterocycles. The van der Waals surface area contributed by atoms with Crippen LogP contribution < -0.4 is 9.64 Å². The number of amides is 1. The van der Waals surface area contributed by atoms with E-state index in [0.29, 0.717) is 23.6 Å². The molecule has 0 aromatic heterocycles. The van der Waals surface area contributed by atoms with Gasteiger partial charge in [0.15, 0.2) is 12.4 Å². The van der Waals surface area contributed by atoms with Crippen molar-refractivity contribution in [2.75, 3.05) is 24.7 Å². The molecule has 29 heavy (non-hydrogen) atoms. The maximum absolute atomic E-state index is 12.5. The summed E-state index contributed by atoms with van der Waals surface area (Å²) in [4.78, 5) is 38.8. The Balaban J connectivity index is 1.62. The molecule has 0 N–H and O–H groups in total. The number of rotatable bonds is 7. The number of Topliss-reactive ketones (excluding diaryl/α,β-unsaturated/α-hetero) is 1. The van der Waals surface area contributed by atoms with E-state index in [-0.39, 0.29) is 31.3 Å². The summed E-state index contributed by atoms with van der Waals surface area (Å²) in [5, 5.41) is 0. The molecule has 1 atom stereocenters. The van der Waals surface area contributed by atoms with Gasteiger partial charge in [-0.1, -0.05) is 24.3 Å². The Morgan fingerprint density at radius 2 is 1.86 bits per heavy atom. The lowest BCUT2D eigenvalue weighted by Gasteiger charge is -2.19. The number of carbonyl (C=O) groups excluding carboxylic acids is 3. The molecule has 2 aromatic rings. The van der Waals surface area contributed by atoms with Crippen LogP contribution >= 0.6 is 0 Å². The number of esters is 1. The molecule has 0 bridgehead atoms. The largest absolute Gasteiger partial charge is 0.492 e. The third-order valence-corrected chi connectivity index (χ3v) is 5.09. The molecule has 3 rings (SSSR count). The van der Waals surface area contributed by atoms with Gasteiger partial charge in [-0.15, -0.1) is 0 Å². The second-order valence-corrected chi connectivity index (χ2v) is 7.14. The summed E-state index contributed by atoms with van der Waals surface area (Å²) in [5.41, 5.74) is 3.25. The Bertz CT molecular complexity index is 937. The first kappa shape index (κ1) is 20.6. The van der Waals surface area contributed by atoms with Gasteiger partial charge in [0.25, 0.3) is 0 Å². The first-order chi connectivity index (χ1) is 13.9. The summed E-state index contributed by atoms with van der Waals surface area (Å²) in [7, 11) is 0. The van der Waals surface area contributed by atoms with E-state index in [1.54, 1.807) is 29.2 Å². The fourth-order valence-corrected chi connectivity index (χ4v) is 3.31. The van der Waals surface area contributed by atoms with E-state index in [0.717, 1.165) is 11.1 Å². The van der Waals surface area contributed by atoms with Gasteiger partial charge in [-0.05, 0) is 50.1 Å². The highest BCUT2D eigenvalue weighted by atomic mass is 16.5. The van der Waals surface area contributed by atoms with E-state index in [1.807, 2.05) is 39.0 Å². The van der Waals surface area contributed by atoms with Crippen LogP contribution in [0.4, 0.5) is 5.69 Å². The summed E-state index contributed by atoms with van der Waals surface area (Å²) < 4.78 is 10.8. The third-order valence-electron chi connectivity index (χ3n) is 5.09. The number of ketones is 1. The SMILES string of the molecule is CCOc1ccccc1N1C[C@H](C(=O)OCC(=O)c2ccc(C)c(C)c2)CC1=O. The molecule has 2 aromatic carbocycles. The lowest BCUT2D eigenvalue weighted by atomic mass is 10.0. The van der Waals surface area contributed by atoms with Gasteiger partial charge < -0.3 is 14.4 Å². The molecule has 6 nitrogen and oxygen atoms in total. The highest BCUT2D eigenvalue weighted by molar-refractivity contribution is 6.01. The van der Waals surface area contributed by atoms with Gasteiger partial charge in [-0.2, -0.15) is 0 Å². The molecule has 1 fully saturated rings. The van der Waals surface area contributed by atoms with E-state index < -0.39 is 11.9 Å². The van der Waals surface area contributed by atoms with Crippen LogP contribution in [0.25, 0.3) is 0 Å². The highest BCUT2D eigenvalue weighted by Gasteiger charge is 2.37. The highest BCUT2D eigenvalue weighted by Crippen LogP contribution is 2.33. The second kappa shape index (κ2) is 8.90. The summed E-state index contributed by atoms with van der Waals surface area (Å²) >= 11 is 0. The minimum absolute atomic E-state index is 0.0527. The van der Waals surface area contributed by atoms with Crippen LogP contribution in [0.2, 0.25) is 0 Å². The average molecular weight is 395 g/mol. The Hall–Kier alpha value is -3.15. The zero-order valence-electron chi connectivity index (χ0n) is 16.9. The molecule has 1 amide bonds. The van der Waals surface area contributed by atoms with Crippen molar-refractivity contribution in [1.29, 1.82) is 0 Å². The maximum atomic E-state index is 12.5. The molecule has 152 valence electrons. The predicted octanol–water partition coefficient (Wildman–Crippen LogP) is 3.48. The number of ether oxygens (including phenoxy) is 2. The normalized spacial score (nSPS) is 16.0. The fourth-order valence-electron chi connectivity index (χ4n) is 3.31. The summed E-state index contributed by atoms with van der Waals surface area (Å²) in [5.74, 6) is -0.970. The molecule has 0 unspecified atom stereocenters. The van der Waals surface area contributed by atoms with Crippen molar-refractivity contribution < 1.29 is 23.9 Å². The van der Waals surface area contributed by atoms with Crippen LogP contribution in [-0.4, -0.2) is 37.4 Å². The van der Waals surface area contributed by atoms with Gasteiger partial charge in [0, 0.05) is 18.5 Å². The topological polar surface area (TPSA) is 72.9 Å². The first-order valence-corrected chi connectivity index (χ1v) is 9.70. The van der Waals surface area contributed by atoms with Crippen LogP contribution in [0, 0.1) is 19.8 Å². The lowest BCUT2D eigenvalue weighted by Crippen LogP contribution is -2.27. The summed E-state index contributed by atoms with van der Waals surface area (Å²) in [6.07, 6.45) is 0.0527. The van der Waals surface area contributed by atoms with Crippen LogP contribution in [0.5, 0.6) is 5.75 Å².